The normalized spacial score (nSPS) is 11.3. The van der Waals surface area contributed by atoms with Crippen molar-refractivity contribution in [1.29, 1.82) is 0 Å². The van der Waals surface area contributed by atoms with Crippen molar-refractivity contribution in [3.05, 3.63) is 131 Å². The van der Waals surface area contributed by atoms with Crippen LogP contribution in [0, 0.1) is 0 Å². The van der Waals surface area contributed by atoms with Crippen molar-refractivity contribution < 1.29 is 19.1 Å². The van der Waals surface area contributed by atoms with Gasteiger partial charge in [0.25, 0.3) is 11.8 Å². The number of nitrogens with zero attached hydrogens (tertiary/aromatic N) is 2. The van der Waals surface area contributed by atoms with Crippen LogP contribution in [0.1, 0.15) is 39.7 Å². The van der Waals surface area contributed by atoms with E-state index < -0.39 is 23.9 Å². The highest BCUT2D eigenvalue weighted by Gasteiger charge is 2.30. The number of benzene rings is 3. The lowest BCUT2D eigenvalue weighted by Crippen LogP contribution is -2.54. The number of imide groups is 1. The van der Waals surface area contributed by atoms with E-state index in [1.807, 2.05) is 73.7 Å². The maximum absolute atomic E-state index is 14.1. The van der Waals surface area contributed by atoms with Gasteiger partial charge in [-0.2, -0.15) is 0 Å². The highest BCUT2D eigenvalue weighted by molar-refractivity contribution is 6.01. The Balaban J connectivity index is 1.58. The van der Waals surface area contributed by atoms with Gasteiger partial charge in [0, 0.05) is 49.9 Å². The summed E-state index contributed by atoms with van der Waals surface area (Å²) in [6.07, 6.45) is 2.20. The van der Waals surface area contributed by atoms with Crippen LogP contribution in [-0.4, -0.2) is 46.9 Å². The van der Waals surface area contributed by atoms with Crippen molar-refractivity contribution in [1.82, 2.24) is 20.5 Å². The molecule has 0 aliphatic rings. The average molecular weight is 580 g/mol. The summed E-state index contributed by atoms with van der Waals surface area (Å²) < 4.78 is 5.55. The number of rotatable bonds is 13. The topological polar surface area (TPSA) is 127 Å². The standard InChI is InChI=1S/C34H37N5O4/c1-2-43-30-17-15-25(16-18-30)22-31(38-32(40)28-8-4-3-5-9-28)33(41)39(21-19-29-10-6-7-20-36-29)34(42)37-24-27-13-11-26(23-35)12-14-27/h3-18,20,31H,2,19,21-24,35H2,1H3,(H,37,42)(H,38,40)/t31-/m1/s1. The summed E-state index contributed by atoms with van der Waals surface area (Å²) in [5.74, 6) is -0.224. The van der Waals surface area contributed by atoms with Crippen molar-refractivity contribution in [2.75, 3.05) is 13.2 Å². The molecule has 0 aliphatic carbocycles. The van der Waals surface area contributed by atoms with Gasteiger partial charge in [-0.3, -0.25) is 19.5 Å². The molecule has 4 rings (SSSR count). The average Bonchev–Trinajstić information content (AvgIpc) is 3.05. The number of nitrogens with two attached hydrogens (primary N) is 1. The van der Waals surface area contributed by atoms with Crippen molar-refractivity contribution in [2.24, 2.45) is 5.73 Å². The Labute approximate surface area is 252 Å². The van der Waals surface area contributed by atoms with Crippen LogP contribution in [-0.2, 0) is 30.7 Å². The van der Waals surface area contributed by atoms with E-state index in [-0.39, 0.29) is 19.5 Å². The molecule has 4 aromatic rings. The molecule has 0 saturated heterocycles. The Bertz CT molecular complexity index is 1460. The zero-order valence-corrected chi connectivity index (χ0v) is 24.2. The first-order valence-corrected chi connectivity index (χ1v) is 14.3. The molecule has 0 saturated carbocycles. The van der Waals surface area contributed by atoms with Gasteiger partial charge in [-0.05, 0) is 60.0 Å². The van der Waals surface area contributed by atoms with Gasteiger partial charge in [0.05, 0.1) is 6.61 Å². The van der Waals surface area contributed by atoms with Gasteiger partial charge >= 0.3 is 6.03 Å². The molecule has 222 valence electrons. The number of pyridine rings is 1. The van der Waals surface area contributed by atoms with Gasteiger partial charge in [0.1, 0.15) is 11.8 Å². The van der Waals surface area contributed by atoms with E-state index in [0.29, 0.717) is 30.9 Å². The van der Waals surface area contributed by atoms with Gasteiger partial charge in [-0.25, -0.2) is 4.79 Å². The quantitative estimate of drug-likeness (QED) is 0.217. The Kier molecular flexibility index (Phi) is 11.4. The SMILES string of the molecule is CCOc1ccc(C[C@@H](NC(=O)c2ccccc2)C(=O)N(CCc2ccccn2)C(=O)NCc2ccc(CN)cc2)cc1. The van der Waals surface area contributed by atoms with Gasteiger partial charge in [-0.15, -0.1) is 0 Å². The van der Waals surface area contributed by atoms with Crippen molar-refractivity contribution in [3.8, 4) is 5.75 Å². The fourth-order valence-corrected chi connectivity index (χ4v) is 4.49. The van der Waals surface area contributed by atoms with E-state index in [4.69, 9.17) is 10.5 Å². The lowest BCUT2D eigenvalue weighted by molar-refractivity contribution is -0.130. The predicted octanol–water partition coefficient (Wildman–Crippen LogP) is 4.26. The fraction of sp³-hybridized carbons (Fsp3) is 0.235. The van der Waals surface area contributed by atoms with E-state index in [9.17, 15) is 14.4 Å². The van der Waals surface area contributed by atoms with Crippen LogP contribution in [0.15, 0.2) is 103 Å². The fourth-order valence-electron chi connectivity index (χ4n) is 4.49. The Morgan fingerprint density at radius 2 is 1.53 bits per heavy atom. The Morgan fingerprint density at radius 3 is 2.19 bits per heavy atom. The molecule has 0 bridgehead atoms. The molecule has 4 N–H and O–H groups in total. The van der Waals surface area contributed by atoms with E-state index in [1.54, 1.807) is 36.5 Å². The third-order valence-electron chi connectivity index (χ3n) is 6.84. The van der Waals surface area contributed by atoms with Crippen molar-refractivity contribution in [2.45, 2.75) is 38.9 Å². The summed E-state index contributed by atoms with van der Waals surface area (Å²) in [6.45, 7) is 3.16. The van der Waals surface area contributed by atoms with Gasteiger partial charge in [0.2, 0.25) is 0 Å². The molecule has 3 aromatic carbocycles. The van der Waals surface area contributed by atoms with Crippen LogP contribution in [0.2, 0.25) is 0 Å². The lowest BCUT2D eigenvalue weighted by atomic mass is 10.0. The van der Waals surface area contributed by atoms with Gasteiger partial charge < -0.3 is 21.1 Å². The second-order valence-electron chi connectivity index (χ2n) is 9.91. The number of carbonyl (C=O) groups excluding carboxylic acids is 3. The van der Waals surface area contributed by atoms with Crippen LogP contribution in [0.5, 0.6) is 5.75 Å². The maximum atomic E-state index is 14.1. The number of aromatic nitrogens is 1. The summed E-state index contributed by atoms with van der Waals surface area (Å²) in [5.41, 5.74) is 9.50. The van der Waals surface area contributed by atoms with Gasteiger partial charge in [0.15, 0.2) is 0 Å². The molecule has 1 aromatic heterocycles. The molecule has 0 fully saturated rings. The predicted molar refractivity (Wildman–Crippen MR) is 165 cm³/mol. The van der Waals surface area contributed by atoms with E-state index in [0.717, 1.165) is 27.3 Å². The van der Waals surface area contributed by atoms with E-state index in [1.165, 1.54) is 0 Å². The molecule has 0 aliphatic heterocycles. The lowest BCUT2D eigenvalue weighted by Gasteiger charge is -2.27. The highest BCUT2D eigenvalue weighted by Crippen LogP contribution is 2.15. The first-order valence-electron chi connectivity index (χ1n) is 14.3. The van der Waals surface area contributed by atoms with Gasteiger partial charge in [-0.1, -0.05) is 60.7 Å². The zero-order valence-electron chi connectivity index (χ0n) is 24.2. The second kappa shape index (κ2) is 15.8. The third-order valence-corrected chi connectivity index (χ3v) is 6.84. The molecular weight excluding hydrogens is 542 g/mol. The zero-order chi connectivity index (χ0) is 30.4. The highest BCUT2D eigenvalue weighted by atomic mass is 16.5. The molecular formula is C34H37N5O4. The van der Waals surface area contributed by atoms with Crippen LogP contribution in [0.4, 0.5) is 4.79 Å². The molecule has 0 unspecified atom stereocenters. The smallest absolute Gasteiger partial charge is 0.324 e. The van der Waals surface area contributed by atoms with E-state index >= 15 is 0 Å². The summed E-state index contributed by atoms with van der Waals surface area (Å²) in [6, 6.07) is 27.5. The summed E-state index contributed by atoms with van der Waals surface area (Å²) in [7, 11) is 0. The number of ether oxygens (including phenoxy) is 1. The largest absolute Gasteiger partial charge is 0.494 e. The molecule has 9 nitrogen and oxygen atoms in total. The maximum Gasteiger partial charge on any atom is 0.324 e. The van der Waals surface area contributed by atoms with Crippen LogP contribution < -0.4 is 21.1 Å². The number of nitrogens with one attached hydrogen (secondary N) is 2. The first-order chi connectivity index (χ1) is 21.0. The molecule has 1 atom stereocenters. The minimum absolute atomic E-state index is 0.0782. The Hall–Kier alpha value is -5.02. The molecule has 0 spiro atoms. The number of carbonyl (C=O) groups is 3. The number of urea groups is 1. The number of amides is 4. The van der Waals surface area contributed by atoms with E-state index in [2.05, 4.69) is 15.6 Å². The number of hydrogen-bond donors (Lipinski definition) is 3. The monoisotopic (exact) mass is 579 g/mol. The van der Waals surface area contributed by atoms with Crippen molar-refractivity contribution in [3.63, 3.8) is 0 Å². The van der Waals surface area contributed by atoms with Crippen molar-refractivity contribution >= 4 is 17.8 Å². The second-order valence-corrected chi connectivity index (χ2v) is 9.91. The molecule has 43 heavy (non-hydrogen) atoms. The molecule has 1 heterocycles. The Morgan fingerprint density at radius 1 is 0.860 bits per heavy atom. The summed E-state index contributed by atoms with van der Waals surface area (Å²) >= 11 is 0. The summed E-state index contributed by atoms with van der Waals surface area (Å²) in [5, 5.41) is 5.74. The minimum Gasteiger partial charge on any atom is -0.494 e. The third kappa shape index (κ3) is 9.24. The molecule has 4 amide bonds. The summed E-state index contributed by atoms with van der Waals surface area (Å²) in [4.78, 5) is 46.4. The minimum atomic E-state index is -1.01. The molecule has 0 radical (unpaired) electrons. The van der Waals surface area contributed by atoms with Crippen LogP contribution in [0.3, 0.4) is 0 Å². The van der Waals surface area contributed by atoms with Crippen LogP contribution >= 0.6 is 0 Å². The number of hydrogen-bond acceptors (Lipinski definition) is 6. The molecule has 9 heteroatoms. The van der Waals surface area contributed by atoms with Crippen LogP contribution in [0.25, 0.3) is 0 Å². The first kappa shape index (κ1) is 30.9.